The van der Waals surface area contributed by atoms with Crippen LogP contribution in [0.25, 0.3) is 0 Å². The van der Waals surface area contributed by atoms with Crippen LogP contribution in [-0.2, 0) is 4.79 Å². The van der Waals surface area contributed by atoms with E-state index in [1.54, 1.807) is 6.92 Å². The smallest absolute Gasteiger partial charge is 0.406 e. The fraction of sp³-hybridized carbons (Fsp3) is 0.500. The predicted molar refractivity (Wildman–Crippen MR) is 78.5 cm³/mol. The van der Waals surface area contributed by atoms with Gasteiger partial charge < -0.3 is 10.1 Å². The van der Waals surface area contributed by atoms with Crippen molar-refractivity contribution in [2.75, 3.05) is 11.1 Å². The topological polar surface area (TPSA) is 38.3 Å². The van der Waals surface area contributed by atoms with Crippen LogP contribution < -0.4 is 10.1 Å². The van der Waals surface area contributed by atoms with Crippen molar-refractivity contribution in [3.63, 3.8) is 0 Å². The number of ether oxygens (including phenoxy) is 1. The molecule has 0 saturated heterocycles. The Bertz CT molecular complexity index is 460. The Kier molecular flexibility index (Phi) is 6.39. The third-order valence-corrected chi connectivity index (χ3v) is 3.98. The van der Waals surface area contributed by atoms with Gasteiger partial charge in [-0.05, 0) is 42.9 Å². The summed E-state index contributed by atoms with van der Waals surface area (Å²) in [7, 11) is 0. The van der Waals surface area contributed by atoms with Crippen molar-refractivity contribution < 1.29 is 22.7 Å². The van der Waals surface area contributed by atoms with E-state index in [-0.39, 0.29) is 16.9 Å². The van der Waals surface area contributed by atoms with E-state index in [0.717, 1.165) is 17.9 Å². The van der Waals surface area contributed by atoms with Gasteiger partial charge in [0.15, 0.2) is 0 Å². The van der Waals surface area contributed by atoms with Crippen molar-refractivity contribution in [2.45, 2.75) is 32.4 Å². The van der Waals surface area contributed by atoms with Crippen molar-refractivity contribution in [3.8, 4) is 5.75 Å². The van der Waals surface area contributed by atoms with E-state index in [2.05, 4.69) is 23.9 Å². The second-order valence-electron chi connectivity index (χ2n) is 4.93. The number of hydrogen-bond acceptors (Lipinski definition) is 3. The van der Waals surface area contributed by atoms with Crippen LogP contribution in [0.4, 0.5) is 18.9 Å². The van der Waals surface area contributed by atoms with Crippen LogP contribution in [0.2, 0.25) is 0 Å². The van der Waals surface area contributed by atoms with Crippen LogP contribution in [0.3, 0.4) is 0 Å². The zero-order valence-corrected chi connectivity index (χ0v) is 12.8. The van der Waals surface area contributed by atoms with Crippen LogP contribution in [0.1, 0.15) is 20.8 Å². The Hall–Kier alpha value is -1.37. The number of benzene rings is 1. The maximum absolute atomic E-state index is 12.0. The molecule has 0 aliphatic rings. The number of amides is 1. The first kappa shape index (κ1) is 17.7. The lowest BCUT2D eigenvalue weighted by molar-refractivity contribution is -0.274. The van der Waals surface area contributed by atoms with Gasteiger partial charge in [0.25, 0.3) is 0 Å². The van der Waals surface area contributed by atoms with E-state index in [1.807, 2.05) is 0 Å². The number of hydrogen-bond donors (Lipinski definition) is 1. The molecule has 0 fully saturated rings. The molecule has 1 unspecified atom stereocenters. The summed E-state index contributed by atoms with van der Waals surface area (Å²) in [5.41, 5.74) is 0.437. The summed E-state index contributed by atoms with van der Waals surface area (Å²) >= 11 is 1.54. The van der Waals surface area contributed by atoms with Crippen molar-refractivity contribution in [2.24, 2.45) is 5.92 Å². The molecule has 1 rings (SSSR count). The van der Waals surface area contributed by atoms with Gasteiger partial charge in [-0.1, -0.05) is 13.8 Å². The molecule has 1 aromatic carbocycles. The van der Waals surface area contributed by atoms with E-state index < -0.39 is 6.36 Å². The monoisotopic (exact) mass is 321 g/mol. The molecule has 118 valence electrons. The molecular weight excluding hydrogens is 303 g/mol. The zero-order chi connectivity index (χ0) is 16.0. The fourth-order valence-electron chi connectivity index (χ4n) is 1.40. The van der Waals surface area contributed by atoms with Gasteiger partial charge in [-0.15, -0.1) is 24.9 Å². The molecule has 1 amide bonds. The average Bonchev–Trinajstić information content (AvgIpc) is 2.36. The van der Waals surface area contributed by atoms with Gasteiger partial charge in [0.1, 0.15) is 5.75 Å². The second-order valence-corrected chi connectivity index (χ2v) is 6.30. The molecule has 0 radical (unpaired) electrons. The molecule has 21 heavy (non-hydrogen) atoms. The normalized spacial score (nSPS) is 13.1. The van der Waals surface area contributed by atoms with Crippen LogP contribution in [0.5, 0.6) is 5.75 Å². The van der Waals surface area contributed by atoms with Crippen LogP contribution >= 0.6 is 11.8 Å². The molecule has 0 heterocycles. The minimum atomic E-state index is -4.72. The Morgan fingerprint density at radius 3 is 2.29 bits per heavy atom. The van der Waals surface area contributed by atoms with E-state index in [4.69, 9.17) is 0 Å². The van der Waals surface area contributed by atoms with E-state index in [1.165, 1.54) is 23.9 Å². The van der Waals surface area contributed by atoms with Crippen molar-refractivity contribution >= 4 is 23.4 Å². The fourth-order valence-corrected chi connectivity index (χ4v) is 2.28. The van der Waals surface area contributed by atoms with Crippen molar-refractivity contribution in [1.82, 2.24) is 0 Å². The summed E-state index contributed by atoms with van der Waals surface area (Å²) < 4.78 is 39.8. The molecule has 7 heteroatoms. The predicted octanol–water partition coefficient (Wildman–Crippen LogP) is 4.30. The van der Waals surface area contributed by atoms with Gasteiger partial charge in [-0.2, -0.15) is 0 Å². The van der Waals surface area contributed by atoms with Crippen LogP contribution in [0.15, 0.2) is 24.3 Å². The molecule has 0 aromatic heterocycles. The molecule has 1 atom stereocenters. The quantitative estimate of drug-likeness (QED) is 0.849. The maximum atomic E-state index is 12.0. The first-order valence-corrected chi connectivity index (χ1v) is 7.50. The molecule has 0 saturated carbocycles. The van der Waals surface area contributed by atoms with Gasteiger partial charge in [0.05, 0.1) is 5.25 Å². The molecule has 3 nitrogen and oxygen atoms in total. The summed E-state index contributed by atoms with van der Waals surface area (Å²) in [5, 5.41) is 2.44. The SMILES string of the molecule is CC(C)CSC(C)C(=O)Nc1ccc(OC(F)(F)F)cc1. The number of carbonyl (C=O) groups is 1. The highest BCUT2D eigenvalue weighted by Crippen LogP contribution is 2.24. The van der Waals surface area contributed by atoms with Crippen LogP contribution in [0, 0.1) is 5.92 Å². The highest BCUT2D eigenvalue weighted by Gasteiger charge is 2.30. The molecule has 1 aromatic rings. The highest BCUT2D eigenvalue weighted by molar-refractivity contribution is 8.00. The Morgan fingerprint density at radius 2 is 1.81 bits per heavy atom. The molecule has 0 aliphatic heterocycles. The number of thioether (sulfide) groups is 1. The molecular formula is C14H18F3NO2S. The Morgan fingerprint density at radius 1 is 1.24 bits per heavy atom. The first-order chi connectivity index (χ1) is 9.67. The molecule has 1 N–H and O–H groups in total. The average molecular weight is 321 g/mol. The van der Waals surface area contributed by atoms with Gasteiger partial charge >= 0.3 is 6.36 Å². The first-order valence-electron chi connectivity index (χ1n) is 6.45. The molecule has 0 spiro atoms. The number of anilines is 1. The number of alkyl halides is 3. The highest BCUT2D eigenvalue weighted by atomic mass is 32.2. The lowest BCUT2D eigenvalue weighted by Crippen LogP contribution is -2.23. The lowest BCUT2D eigenvalue weighted by Gasteiger charge is -2.14. The largest absolute Gasteiger partial charge is 0.573 e. The lowest BCUT2D eigenvalue weighted by atomic mass is 10.3. The second kappa shape index (κ2) is 7.59. The van der Waals surface area contributed by atoms with E-state index >= 15 is 0 Å². The Labute approximate surface area is 126 Å². The third-order valence-electron chi connectivity index (χ3n) is 2.40. The molecule has 0 aliphatic carbocycles. The van der Waals surface area contributed by atoms with Gasteiger partial charge in [-0.3, -0.25) is 4.79 Å². The van der Waals surface area contributed by atoms with Crippen molar-refractivity contribution in [3.05, 3.63) is 24.3 Å². The summed E-state index contributed by atoms with van der Waals surface area (Å²) in [6.07, 6.45) is -4.72. The number of rotatable bonds is 6. The van der Waals surface area contributed by atoms with Crippen molar-refractivity contribution in [1.29, 1.82) is 0 Å². The summed E-state index contributed by atoms with van der Waals surface area (Å²) in [6, 6.07) is 5.07. The number of halogens is 3. The summed E-state index contributed by atoms with van der Waals surface area (Å²) in [4.78, 5) is 11.9. The van der Waals surface area contributed by atoms with Gasteiger partial charge in [-0.25, -0.2) is 0 Å². The molecule has 0 bridgehead atoms. The number of carbonyl (C=O) groups excluding carboxylic acids is 1. The maximum Gasteiger partial charge on any atom is 0.573 e. The van der Waals surface area contributed by atoms with E-state index in [9.17, 15) is 18.0 Å². The summed E-state index contributed by atoms with van der Waals surface area (Å²) in [6.45, 7) is 5.93. The van der Waals surface area contributed by atoms with Crippen LogP contribution in [-0.4, -0.2) is 23.3 Å². The van der Waals surface area contributed by atoms with Gasteiger partial charge in [0.2, 0.25) is 5.91 Å². The minimum absolute atomic E-state index is 0.176. The number of nitrogens with one attached hydrogen (secondary N) is 1. The van der Waals surface area contributed by atoms with Gasteiger partial charge in [0, 0.05) is 5.69 Å². The van der Waals surface area contributed by atoms with E-state index in [0.29, 0.717) is 11.6 Å². The third kappa shape index (κ3) is 7.27. The zero-order valence-electron chi connectivity index (χ0n) is 12.0. The minimum Gasteiger partial charge on any atom is -0.406 e. The Balaban J connectivity index is 2.53. The standard InChI is InChI=1S/C14H18F3NO2S/c1-9(2)8-21-10(3)13(19)18-11-4-6-12(7-5-11)20-14(15,16)17/h4-7,9-10H,8H2,1-3H3,(H,18,19). The summed E-state index contributed by atoms with van der Waals surface area (Å²) in [5.74, 6) is 0.865.